The fraction of sp³-hybridized carbons (Fsp3) is 0.400. The molecule has 2 amide bonds. The van der Waals surface area contributed by atoms with Gasteiger partial charge in [-0.3, -0.25) is 14.6 Å². The van der Waals surface area contributed by atoms with E-state index < -0.39 is 6.04 Å². The lowest BCUT2D eigenvalue weighted by molar-refractivity contribution is -0.151. The van der Waals surface area contributed by atoms with Crippen molar-refractivity contribution in [3.8, 4) is 11.1 Å². The number of carbonyl (C=O) groups is 2. The number of nitrogens with zero attached hydrogens (tertiary/aromatic N) is 3. The van der Waals surface area contributed by atoms with Crippen LogP contribution in [0.4, 0.5) is 0 Å². The van der Waals surface area contributed by atoms with Crippen molar-refractivity contribution in [1.82, 2.24) is 14.8 Å². The molecule has 2 aliphatic rings. The van der Waals surface area contributed by atoms with Gasteiger partial charge < -0.3 is 9.80 Å². The standard InChI is InChI=1S/C25H29N3O2/c1-2-27-14-15-28(24(29)17-19-6-3-4-7-19)23(25(27)30)16-20-9-11-21(12-10-20)22-8-5-13-26-18-22/h3,5-6,8-13,18-19,23H,2,4,7,14-17H2,1H3/t19-,23+/m1/s1. The molecule has 2 atom stereocenters. The second-order valence-corrected chi connectivity index (χ2v) is 8.13. The van der Waals surface area contributed by atoms with Crippen LogP contribution in [0.15, 0.2) is 60.9 Å². The summed E-state index contributed by atoms with van der Waals surface area (Å²) >= 11 is 0. The fourth-order valence-electron chi connectivity index (χ4n) is 4.45. The molecule has 1 fully saturated rings. The predicted molar refractivity (Wildman–Crippen MR) is 118 cm³/mol. The Balaban J connectivity index is 1.50. The molecule has 0 unspecified atom stereocenters. The molecule has 0 saturated carbocycles. The van der Waals surface area contributed by atoms with Gasteiger partial charge in [0.15, 0.2) is 0 Å². The zero-order valence-electron chi connectivity index (χ0n) is 17.5. The minimum absolute atomic E-state index is 0.0652. The SMILES string of the molecule is CCN1CCN(C(=O)C[C@@H]2C=CCC2)[C@@H](Cc2ccc(-c3cccnc3)cc2)C1=O. The van der Waals surface area contributed by atoms with Crippen LogP contribution in [0.25, 0.3) is 11.1 Å². The lowest BCUT2D eigenvalue weighted by Gasteiger charge is -2.40. The van der Waals surface area contributed by atoms with Gasteiger partial charge in [-0.05, 0) is 48.4 Å². The second kappa shape index (κ2) is 9.24. The Morgan fingerprint density at radius 2 is 1.97 bits per heavy atom. The minimum atomic E-state index is -0.416. The normalized spacial score (nSPS) is 21.3. The molecular weight excluding hydrogens is 374 g/mol. The van der Waals surface area contributed by atoms with Gasteiger partial charge in [0, 0.05) is 44.9 Å². The van der Waals surface area contributed by atoms with Crippen molar-refractivity contribution < 1.29 is 9.59 Å². The number of piperazine rings is 1. The van der Waals surface area contributed by atoms with Gasteiger partial charge in [-0.2, -0.15) is 0 Å². The Labute approximate surface area is 178 Å². The first kappa shape index (κ1) is 20.3. The van der Waals surface area contributed by atoms with Crippen LogP contribution in [0.2, 0.25) is 0 Å². The number of allylic oxidation sites excluding steroid dienone is 2. The fourth-order valence-corrected chi connectivity index (χ4v) is 4.45. The molecule has 1 aliphatic heterocycles. The third-order valence-corrected chi connectivity index (χ3v) is 6.21. The molecule has 1 aromatic heterocycles. The van der Waals surface area contributed by atoms with Gasteiger partial charge in [0.2, 0.25) is 11.8 Å². The van der Waals surface area contributed by atoms with E-state index in [1.165, 1.54) is 0 Å². The number of carbonyl (C=O) groups excluding carboxylic acids is 2. The molecule has 0 bridgehead atoms. The number of benzene rings is 1. The van der Waals surface area contributed by atoms with Gasteiger partial charge in [0.1, 0.15) is 6.04 Å². The largest absolute Gasteiger partial charge is 0.339 e. The highest BCUT2D eigenvalue weighted by Gasteiger charge is 2.37. The van der Waals surface area contributed by atoms with Gasteiger partial charge in [-0.25, -0.2) is 0 Å². The van der Waals surface area contributed by atoms with E-state index in [2.05, 4.69) is 41.4 Å². The Kier molecular flexibility index (Phi) is 6.26. The topological polar surface area (TPSA) is 53.5 Å². The minimum Gasteiger partial charge on any atom is -0.339 e. The zero-order chi connectivity index (χ0) is 20.9. The number of amides is 2. The molecule has 156 valence electrons. The van der Waals surface area contributed by atoms with Gasteiger partial charge in [-0.15, -0.1) is 0 Å². The van der Waals surface area contributed by atoms with Crippen LogP contribution in [0.5, 0.6) is 0 Å². The molecule has 0 radical (unpaired) electrons. The van der Waals surface area contributed by atoms with Crippen molar-refractivity contribution in [2.75, 3.05) is 19.6 Å². The van der Waals surface area contributed by atoms with Gasteiger partial charge in [0.05, 0.1) is 0 Å². The van der Waals surface area contributed by atoms with E-state index in [9.17, 15) is 9.59 Å². The molecule has 2 heterocycles. The van der Waals surface area contributed by atoms with E-state index >= 15 is 0 Å². The van der Waals surface area contributed by atoms with Crippen LogP contribution in [-0.4, -0.2) is 52.3 Å². The summed E-state index contributed by atoms with van der Waals surface area (Å²) in [5.41, 5.74) is 3.23. The van der Waals surface area contributed by atoms with Crippen molar-refractivity contribution >= 4 is 11.8 Å². The molecule has 1 saturated heterocycles. The number of rotatable bonds is 6. The smallest absolute Gasteiger partial charge is 0.245 e. The molecule has 30 heavy (non-hydrogen) atoms. The van der Waals surface area contributed by atoms with Gasteiger partial charge in [-0.1, -0.05) is 42.5 Å². The van der Waals surface area contributed by atoms with Crippen LogP contribution in [0.3, 0.4) is 0 Å². The number of aromatic nitrogens is 1. The van der Waals surface area contributed by atoms with E-state index in [4.69, 9.17) is 0 Å². The van der Waals surface area contributed by atoms with Crippen LogP contribution >= 0.6 is 0 Å². The molecule has 2 aromatic rings. The van der Waals surface area contributed by atoms with Crippen LogP contribution < -0.4 is 0 Å². The van der Waals surface area contributed by atoms with Crippen molar-refractivity contribution in [3.05, 3.63) is 66.5 Å². The highest BCUT2D eigenvalue weighted by molar-refractivity contribution is 5.89. The lowest BCUT2D eigenvalue weighted by Crippen LogP contribution is -2.59. The molecular formula is C25H29N3O2. The number of likely N-dealkylation sites (N-methyl/N-ethyl adjacent to an activating group) is 1. The van der Waals surface area contributed by atoms with Crippen LogP contribution in [0, 0.1) is 5.92 Å². The molecule has 1 aliphatic carbocycles. The number of hydrogen-bond donors (Lipinski definition) is 0. The van der Waals surface area contributed by atoms with Crippen LogP contribution in [0.1, 0.15) is 31.7 Å². The van der Waals surface area contributed by atoms with Gasteiger partial charge in [0.25, 0.3) is 0 Å². The molecule has 5 heteroatoms. The first-order valence-electron chi connectivity index (χ1n) is 10.9. The summed E-state index contributed by atoms with van der Waals surface area (Å²) in [6, 6.07) is 11.8. The second-order valence-electron chi connectivity index (χ2n) is 8.13. The third-order valence-electron chi connectivity index (χ3n) is 6.21. The Bertz CT molecular complexity index is 908. The summed E-state index contributed by atoms with van der Waals surface area (Å²) in [4.78, 5) is 34.0. The van der Waals surface area contributed by atoms with E-state index in [-0.39, 0.29) is 11.8 Å². The van der Waals surface area contributed by atoms with Crippen molar-refractivity contribution in [2.45, 2.75) is 38.6 Å². The van der Waals surface area contributed by atoms with E-state index in [0.29, 0.717) is 38.4 Å². The molecule has 4 rings (SSSR count). The Hall–Kier alpha value is -2.95. The average molecular weight is 404 g/mol. The van der Waals surface area contributed by atoms with Gasteiger partial charge >= 0.3 is 0 Å². The Morgan fingerprint density at radius 1 is 1.13 bits per heavy atom. The zero-order valence-corrected chi connectivity index (χ0v) is 17.5. The van der Waals surface area contributed by atoms with Crippen LogP contribution in [-0.2, 0) is 16.0 Å². The lowest BCUT2D eigenvalue weighted by atomic mass is 9.97. The highest BCUT2D eigenvalue weighted by atomic mass is 16.2. The quantitative estimate of drug-likeness (QED) is 0.691. The van der Waals surface area contributed by atoms with Crippen molar-refractivity contribution in [2.24, 2.45) is 5.92 Å². The highest BCUT2D eigenvalue weighted by Crippen LogP contribution is 2.25. The maximum Gasteiger partial charge on any atom is 0.245 e. The molecule has 1 aromatic carbocycles. The average Bonchev–Trinajstić information content (AvgIpc) is 3.29. The summed E-state index contributed by atoms with van der Waals surface area (Å²) in [6.45, 7) is 3.92. The Morgan fingerprint density at radius 3 is 2.63 bits per heavy atom. The maximum absolute atomic E-state index is 13.1. The molecule has 0 spiro atoms. The predicted octanol–water partition coefficient (Wildman–Crippen LogP) is 3.71. The van der Waals surface area contributed by atoms with Crippen molar-refractivity contribution in [3.63, 3.8) is 0 Å². The summed E-state index contributed by atoms with van der Waals surface area (Å²) < 4.78 is 0. The summed E-state index contributed by atoms with van der Waals surface area (Å²) in [6.07, 6.45) is 11.0. The first-order chi connectivity index (χ1) is 14.7. The van der Waals surface area contributed by atoms with Crippen molar-refractivity contribution in [1.29, 1.82) is 0 Å². The maximum atomic E-state index is 13.1. The summed E-state index contributed by atoms with van der Waals surface area (Å²) in [5, 5.41) is 0. The summed E-state index contributed by atoms with van der Waals surface area (Å²) in [5.74, 6) is 0.485. The van der Waals surface area contributed by atoms with E-state index in [0.717, 1.165) is 29.5 Å². The van der Waals surface area contributed by atoms with E-state index in [1.54, 1.807) is 6.20 Å². The molecule has 5 nitrogen and oxygen atoms in total. The van der Waals surface area contributed by atoms with E-state index in [1.807, 2.05) is 35.1 Å². The number of hydrogen-bond acceptors (Lipinski definition) is 3. The number of pyridine rings is 1. The molecule has 0 N–H and O–H groups in total. The first-order valence-corrected chi connectivity index (χ1v) is 10.9. The third kappa shape index (κ3) is 4.45. The summed E-state index contributed by atoms with van der Waals surface area (Å²) in [7, 11) is 0. The monoisotopic (exact) mass is 403 g/mol.